The third kappa shape index (κ3) is 3.27. The smallest absolute Gasteiger partial charge is 0.222 e. The number of fused-ring (bicyclic) bond motifs is 1. The van der Waals surface area contributed by atoms with E-state index < -0.39 is 0 Å². The van der Waals surface area contributed by atoms with Gasteiger partial charge in [-0.2, -0.15) is 4.98 Å². The second-order valence-corrected chi connectivity index (χ2v) is 6.79. The number of benzene rings is 3. The van der Waals surface area contributed by atoms with Gasteiger partial charge in [0.15, 0.2) is 0 Å². The largest absolute Gasteiger partial charge is 0.383 e. The second-order valence-electron chi connectivity index (χ2n) is 5.64. The molecular formula is C20H16N4S. The zero-order chi connectivity index (χ0) is 17.2. The summed E-state index contributed by atoms with van der Waals surface area (Å²) in [5, 5.41) is 0.818. The SMILES string of the molecule is Nc1nc(N)c2cc(Sc3cccc(-c4ccccc4)c3)ccc2n1. The van der Waals surface area contributed by atoms with E-state index in [9.17, 15) is 0 Å². The number of nitrogens with two attached hydrogens (primary N) is 2. The fraction of sp³-hybridized carbons (Fsp3) is 0. The van der Waals surface area contributed by atoms with Gasteiger partial charge in [0.05, 0.1) is 5.52 Å². The van der Waals surface area contributed by atoms with Crippen molar-refractivity contribution in [1.82, 2.24) is 9.97 Å². The van der Waals surface area contributed by atoms with Crippen molar-refractivity contribution in [1.29, 1.82) is 0 Å². The summed E-state index contributed by atoms with van der Waals surface area (Å²) in [7, 11) is 0. The highest BCUT2D eigenvalue weighted by Crippen LogP contribution is 2.33. The Labute approximate surface area is 149 Å². The highest BCUT2D eigenvalue weighted by Gasteiger charge is 2.06. The van der Waals surface area contributed by atoms with Gasteiger partial charge in [-0.1, -0.05) is 54.2 Å². The van der Waals surface area contributed by atoms with Crippen molar-refractivity contribution in [3.63, 3.8) is 0 Å². The first-order valence-electron chi connectivity index (χ1n) is 7.85. The molecule has 0 aliphatic rings. The van der Waals surface area contributed by atoms with Crippen LogP contribution in [-0.4, -0.2) is 9.97 Å². The topological polar surface area (TPSA) is 77.8 Å². The Morgan fingerprint density at radius 3 is 2.28 bits per heavy atom. The van der Waals surface area contributed by atoms with Crippen molar-refractivity contribution in [2.75, 3.05) is 11.5 Å². The molecule has 1 heterocycles. The molecule has 25 heavy (non-hydrogen) atoms. The van der Waals surface area contributed by atoms with E-state index in [1.165, 1.54) is 11.1 Å². The van der Waals surface area contributed by atoms with Crippen LogP contribution in [-0.2, 0) is 0 Å². The van der Waals surface area contributed by atoms with Crippen LogP contribution in [0.3, 0.4) is 0 Å². The molecule has 0 radical (unpaired) electrons. The van der Waals surface area contributed by atoms with E-state index in [0.717, 1.165) is 20.7 Å². The van der Waals surface area contributed by atoms with Crippen LogP contribution in [0.1, 0.15) is 0 Å². The average Bonchev–Trinajstić information content (AvgIpc) is 2.63. The minimum absolute atomic E-state index is 0.195. The maximum atomic E-state index is 5.98. The molecule has 0 spiro atoms. The molecule has 5 heteroatoms. The summed E-state index contributed by atoms with van der Waals surface area (Å²) in [4.78, 5) is 10.5. The first-order chi connectivity index (χ1) is 12.2. The van der Waals surface area contributed by atoms with Crippen molar-refractivity contribution in [2.24, 2.45) is 0 Å². The van der Waals surface area contributed by atoms with Crippen LogP contribution >= 0.6 is 11.8 Å². The maximum Gasteiger partial charge on any atom is 0.222 e. The van der Waals surface area contributed by atoms with E-state index in [1.54, 1.807) is 11.8 Å². The van der Waals surface area contributed by atoms with Gasteiger partial charge in [-0.15, -0.1) is 0 Å². The van der Waals surface area contributed by atoms with Crippen LogP contribution < -0.4 is 11.5 Å². The summed E-state index contributed by atoms with van der Waals surface area (Å²) < 4.78 is 0. The van der Waals surface area contributed by atoms with Gasteiger partial charge in [-0.25, -0.2) is 4.98 Å². The third-order valence-corrected chi connectivity index (χ3v) is 4.87. The fourth-order valence-electron chi connectivity index (χ4n) is 2.72. The number of hydrogen-bond acceptors (Lipinski definition) is 5. The van der Waals surface area contributed by atoms with E-state index in [1.807, 2.05) is 36.4 Å². The Morgan fingerprint density at radius 2 is 1.44 bits per heavy atom. The summed E-state index contributed by atoms with van der Waals surface area (Å²) in [6.45, 7) is 0. The van der Waals surface area contributed by atoms with Crippen molar-refractivity contribution < 1.29 is 0 Å². The average molecular weight is 344 g/mol. The van der Waals surface area contributed by atoms with E-state index in [4.69, 9.17) is 11.5 Å². The lowest BCUT2D eigenvalue weighted by molar-refractivity contribution is 1.24. The first-order valence-corrected chi connectivity index (χ1v) is 8.67. The number of aromatic nitrogens is 2. The van der Waals surface area contributed by atoms with Gasteiger partial charge >= 0.3 is 0 Å². The van der Waals surface area contributed by atoms with Gasteiger partial charge in [0, 0.05) is 15.2 Å². The summed E-state index contributed by atoms with van der Waals surface area (Å²) in [6.07, 6.45) is 0. The quantitative estimate of drug-likeness (QED) is 0.567. The van der Waals surface area contributed by atoms with Crippen LogP contribution in [0.15, 0.2) is 82.6 Å². The Balaban J connectivity index is 1.67. The molecule has 1 aromatic heterocycles. The monoisotopic (exact) mass is 344 g/mol. The van der Waals surface area contributed by atoms with E-state index in [2.05, 4.69) is 46.4 Å². The second kappa shape index (κ2) is 6.45. The standard InChI is InChI=1S/C20H16N4S/c21-19-17-12-16(9-10-18(17)23-20(22)24-19)25-15-8-4-7-14(11-15)13-5-2-1-3-6-13/h1-12H,(H4,21,22,23,24). The van der Waals surface area contributed by atoms with Crippen LogP contribution in [0.2, 0.25) is 0 Å². The summed E-state index contributed by atoms with van der Waals surface area (Å²) in [5.41, 5.74) is 14.8. The molecule has 0 saturated carbocycles. The molecule has 0 fully saturated rings. The predicted molar refractivity (Wildman–Crippen MR) is 104 cm³/mol. The fourth-order valence-corrected chi connectivity index (χ4v) is 3.64. The van der Waals surface area contributed by atoms with Crippen molar-refractivity contribution in [3.8, 4) is 11.1 Å². The summed E-state index contributed by atoms with van der Waals surface area (Å²) >= 11 is 1.68. The van der Waals surface area contributed by atoms with Gasteiger partial charge in [0.2, 0.25) is 5.95 Å². The van der Waals surface area contributed by atoms with Crippen LogP contribution in [0.25, 0.3) is 22.0 Å². The van der Waals surface area contributed by atoms with E-state index >= 15 is 0 Å². The lowest BCUT2D eigenvalue weighted by Crippen LogP contribution is -2.00. The molecule has 122 valence electrons. The predicted octanol–water partition coefficient (Wildman–Crippen LogP) is 4.61. The number of hydrogen-bond donors (Lipinski definition) is 2. The molecule has 0 atom stereocenters. The highest BCUT2D eigenvalue weighted by molar-refractivity contribution is 7.99. The summed E-state index contributed by atoms with van der Waals surface area (Å²) in [5.74, 6) is 0.601. The molecule has 0 aliphatic carbocycles. The molecule has 0 amide bonds. The Kier molecular flexibility index (Phi) is 3.99. The van der Waals surface area contributed by atoms with Gasteiger partial charge < -0.3 is 11.5 Å². The molecule has 4 N–H and O–H groups in total. The van der Waals surface area contributed by atoms with Crippen LogP contribution in [0.4, 0.5) is 11.8 Å². The number of nitrogens with zero attached hydrogens (tertiary/aromatic N) is 2. The number of anilines is 2. The lowest BCUT2D eigenvalue weighted by atomic mass is 10.1. The maximum absolute atomic E-state index is 5.98. The first kappa shape index (κ1) is 15.5. The molecule has 0 aliphatic heterocycles. The van der Waals surface area contributed by atoms with Gasteiger partial charge in [-0.3, -0.25) is 0 Å². The normalized spacial score (nSPS) is 10.9. The van der Waals surface area contributed by atoms with E-state index in [-0.39, 0.29) is 5.95 Å². The molecule has 4 aromatic rings. The van der Waals surface area contributed by atoms with E-state index in [0.29, 0.717) is 5.82 Å². The summed E-state index contributed by atoms with van der Waals surface area (Å²) in [6, 6.07) is 24.8. The molecule has 0 saturated heterocycles. The molecule has 0 unspecified atom stereocenters. The molecular weight excluding hydrogens is 328 g/mol. The van der Waals surface area contributed by atoms with Crippen LogP contribution in [0.5, 0.6) is 0 Å². The Bertz CT molecular complexity index is 1050. The molecule has 4 rings (SSSR count). The zero-order valence-electron chi connectivity index (χ0n) is 13.4. The highest BCUT2D eigenvalue weighted by atomic mass is 32.2. The third-order valence-electron chi connectivity index (χ3n) is 3.89. The number of nitrogen functional groups attached to an aromatic ring is 2. The molecule has 3 aromatic carbocycles. The van der Waals surface area contributed by atoms with Crippen LogP contribution in [0, 0.1) is 0 Å². The molecule has 4 nitrogen and oxygen atoms in total. The van der Waals surface area contributed by atoms with Crippen molar-refractivity contribution in [2.45, 2.75) is 9.79 Å². The van der Waals surface area contributed by atoms with Gasteiger partial charge in [-0.05, 0) is 41.5 Å². The van der Waals surface area contributed by atoms with Gasteiger partial charge in [0.25, 0.3) is 0 Å². The lowest BCUT2D eigenvalue weighted by Gasteiger charge is -2.07. The number of rotatable bonds is 3. The van der Waals surface area contributed by atoms with Gasteiger partial charge in [0.1, 0.15) is 5.82 Å². The Hall–Kier alpha value is -3.05. The minimum Gasteiger partial charge on any atom is -0.383 e. The van der Waals surface area contributed by atoms with Crippen molar-refractivity contribution in [3.05, 3.63) is 72.8 Å². The minimum atomic E-state index is 0.195. The zero-order valence-corrected chi connectivity index (χ0v) is 14.2. The Morgan fingerprint density at radius 1 is 0.680 bits per heavy atom. The van der Waals surface area contributed by atoms with Crippen molar-refractivity contribution >= 4 is 34.4 Å². The molecule has 0 bridgehead atoms.